The zero-order valence-electron chi connectivity index (χ0n) is 19.8. The maximum absolute atomic E-state index is 4.92. The van der Waals surface area contributed by atoms with E-state index >= 15 is 0 Å². The molecule has 2 aromatic carbocycles. The van der Waals surface area contributed by atoms with Crippen molar-refractivity contribution >= 4 is 23.8 Å². The van der Waals surface area contributed by atoms with Crippen LogP contribution in [0.1, 0.15) is 78.7 Å². The van der Waals surface area contributed by atoms with Crippen LogP contribution in [0, 0.1) is 20.8 Å². The lowest BCUT2D eigenvalue weighted by molar-refractivity contribution is 0.832. The quantitative estimate of drug-likeness (QED) is 0.382. The highest BCUT2D eigenvalue weighted by Gasteiger charge is 2.14. The fourth-order valence-corrected chi connectivity index (χ4v) is 3.75. The van der Waals surface area contributed by atoms with Crippen molar-refractivity contribution in [2.24, 2.45) is 9.98 Å². The molecule has 3 rings (SSSR count). The Morgan fingerprint density at radius 1 is 0.677 bits per heavy atom. The minimum atomic E-state index is 0.410. The number of benzene rings is 2. The molecular weight excluding hydrogens is 378 g/mol. The maximum Gasteiger partial charge on any atom is 0.0820 e. The molecule has 0 amide bonds. The number of para-hydroxylation sites is 1. The Labute approximate surface area is 187 Å². The van der Waals surface area contributed by atoms with E-state index < -0.39 is 0 Å². The zero-order valence-corrected chi connectivity index (χ0v) is 19.8. The van der Waals surface area contributed by atoms with E-state index in [1.165, 1.54) is 16.7 Å². The van der Waals surface area contributed by atoms with Crippen LogP contribution in [0.3, 0.4) is 0 Å². The van der Waals surface area contributed by atoms with Crippen LogP contribution in [0.25, 0.3) is 0 Å². The highest BCUT2D eigenvalue weighted by atomic mass is 14.8. The molecule has 0 aliphatic heterocycles. The highest BCUT2D eigenvalue weighted by molar-refractivity contribution is 5.85. The zero-order chi connectivity index (χ0) is 22.5. The average molecular weight is 412 g/mol. The number of aryl methyl sites for hydroxylation is 3. The van der Waals surface area contributed by atoms with Gasteiger partial charge < -0.3 is 0 Å². The van der Waals surface area contributed by atoms with Gasteiger partial charge in [0.05, 0.1) is 35.2 Å². The molecule has 0 unspecified atom stereocenters. The van der Waals surface area contributed by atoms with Crippen molar-refractivity contribution in [2.75, 3.05) is 0 Å². The maximum atomic E-state index is 4.92. The molecule has 1 heterocycles. The van der Waals surface area contributed by atoms with Crippen LogP contribution in [0.5, 0.6) is 0 Å². The van der Waals surface area contributed by atoms with E-state index in [0.717, 1.165) is 33.9 Å². The average Bonchev–Trinajstić information content (AvgIpc) is 2.72. The number of nitrogens with zero attached hydrogens (tertiary/aromatic N) is 3. The molecule has 3 aromatic rings. The van der Waals surface area contributed by atoms with E-state index in [-0.39, 0.29) is 0 Å². The minimum Gasteiger partial charge on any atom is -0.254 e. The lowest BCUT2D eigenvalue weighted by Gasteiger charge is -2.17. The molecule has 0 fully saturated rings. The van der Waals surface area contributed by atoms with Gasteiger partial charge in [-0.25, -0.2) is 4.98 Å². The van der Waals surface area contributed by atoms with Crippen LogP contribution in [0.15, 0.2) is 58.5 Å². The highest BCUT2D eigenvalue weighted by Crippen LogP contribution is 2.36. The van der Waals surface area contributed by atoms with Gasteiger partial charge in [-0.05, 0) is 67.0 Å². The molecule has 0 saturated carbocycles. The Balaban J connectivity index is 1.94. The van der Waals surface area contributed by atoms with Gasteiger partial charge in [-0.1, -0.05) is 69.7 Å². The number of pyridine rings is 1. The number of aromatic nitrogens is 1. The lowest BCUT2D eigenvalue weighted by atomic mass is 9.91. The first-order valence-corrected chi connectivity index (χ1v) is 11.0. The molecule has 3 heteroatoms. The molecule has 160 valence electrons. The molecule has 0 spiro atoms. The van der Waals surface area contributed by atoms with Crippen molar-refractivity contribution < 1.29 is 0 Å². The second kappa shape index (κ2) is 9.82. The van der Waals surface area contributed by atoms with E-state index in [9.17, 15) is 0 Å². The number of rotatable bonds is 6. The topological polar surface area (TPSA) is 37.6 Å². The van der Waals surface area contributed by atoms with Crippen LogP contribution >= 0.6 is 0 Å². The summed E-state index contributed by atoms with van der Waals surface area (Å²) in [5.74, 6) is 0.821. The second-order valence-corrected chi connectivity index (χ2v) is 8.85. The van der Waals surface area contributed by atoms with Crippen molar-refractivity contribution in [1.29, 1.82) is 0 Å². The summed E-state index contributed by atoms with van der Waals surface area (Å²) in [7, 11) is 0. The number of hydrogen-bond acceptors (Lipinski definition) is 3. The first-order chi connectivity index (χ1) is 14.8. The van der Waals surface area contributed by atoms with Crippen LogP contribution < -0.4 is 0 Å². The summed E-state index contributed by atoms with van der Waals surface area (Å²) in [6.45, 7) is 15.2. The van der Waals surface area contributed by atoms with Crippen molar-refractivity contribution in [3.8, 4) is 0 Å². The molecule has 3 nitrogen and oxygen atoms in total. The minimum absolute atomic E-state index is 0.410. The molecular formula is C28H33N3. The van der Waals surface area contributed by atoms with Crippen LogP contribution in [0.4, 0.5) is 11.4 Å². The number of hydrogen-bond donors (Lipinski definition) is 0. The van der Waals surface area contributed by atoms with E-state index in [1.807, 2.05) is 30.6 Å². The van der Waals surface area contributed by atoms with E-state index in [2.05, 4.69) is 83.8 Å². The van der Waals surface area contributed by atoms with Gasteiger partial charge in [0.1, 0.15) is 0 Å². The van der Waals surface area contributed by atoms with Crippen molar-refractivity contribution in [2.45, 2.75) is 60.3 Å². The first kappa shape index (κ1) is 22.6. The van der Waals surface area contributed by atoms with Gasteiger partial charge in [-0.15, -0.1) is 0 Å². The van der Waals surface area contributed by atoms with Crippen LogP contribution in [0.2, 0.25) is 0 Å². The summed E-state index contributed by atoms with van der Waals surface area (Å²) < 4.78 is 0. The second-order valence-electron chi connectivity index (χ2n) is 8.85. The monoisotopic (exact) mass is 411 g/mol. The van der Waals surface area contributed by atoms with Crippen molar-refractivity contribution in [3.05, 3.63) is 87.7 Å². The van der Waals surface area contributed by atoms with Crippen molar-refractivity contribution in [3.63, 3.8) is 0 Å². The van der Waals surface area contributed by atoms with Crippen LogP contribution in [-0.2, 0) is 0 Å². The summed E-state index contributed by atoms with van der Waals surface area (Å²) >= 11 is 0. The normalized spacial score (nSPS) is 12.0. The van der Waals surface area contributed by atoms with Gasteiger partial charge in [0.2, 0.25) is 0 Å². The van der Waals surface area contributed by atoms with Crippen molar-refractivity contribution in [1.82, 2.24) is 4.98 Å². The van der Waals surface area contributed by atoms with Gasteiger partial charge in [0, 0.05) is 0 Å². The molecule has 0 aliphatic carbocycles. The summed E-state index contributed by atoms with van der Waals surface area (Å²) in [6.07, 6.45) is 3.70. The third kappa shape index (κ3) is 5.55. The molecule has 0 saturated heterocycles. The van der Waals surface area contributed by atoms with Gasteiger partial charge in [-0.3, -0.25) is 9.98 Å². The Morgan fingerprint density at radius 2 is 1.13 bits per heavy atom. The fourth-order valence-electron chi connectivity index (χ4n) is 3.75. The smallest absolute Gasteiger partial charge is 0.0820 e. The van der Waals surface area contributed by atoms with E-state index in [4.69, 9.17) is 9.98 Å². The Bertz CT molecular complexity index is 1070. The predicted molar refractivity (Wildman–Crippen MR) is 134 cm³/mol. The van der Waals surface area contributed by atoms with E-state index in [0.29, 0.717) is 11.8 Å². The Hall–Kier alpha value is -3.07. The molecule has 0 N–H and O–H groups in total. The summed E-state index contributed by atoms with van der Waals surface area (Å²) in [5.41, 5.74) is 9.92. The Morgan fingerprint density at radius 3 is 1.61 bits per heavy atom. The summed E-state index contributed by atoms with van der Waals surface area (Å²) in [4.78, 5) is 14.3. The molecule has 1 aromatic heterocycles. The molecule has 0 radical (unpaired) electrons. The fraction of sp³-hybridized carbons (Fsp3) is 0.321. The van der Waals surface area contributed by atoms with Gasteiger partial charge >= 0.3 is 0 Å². The SMILES string of the molecule is Cc1cc(C(C)C)c(N=Cc2cccc(C=Nc3c(C)cccc3C)n2)c(C(C)C)c1. The molecule has 0 atom stereocenters. The first-order valence-electron chi connectivity index (χ1n) is 11.0. The third-order valence-electron chi connectivity index (χ3n) is 5.44. The third-order valence-corrected chi connectivity index (χ3v) is 5.44. The molecule has 0 bridgehead atoms. The predicted octanol–water partition coefficient (Wildman–Crippen LogP) is 7.75. The van der Waals surface area contributed by atoms with E-state index in [1.54, 1.807) is 0 Å². The molecule has 0 aliphatic rings. The van der Waals surface area contributed by atoms with Gasteiger partial charge in [0.25, 0.3) is 0 Å². The lowest BCUT2D eigenvalue weighted by Crippen LogP contribution is -1.98. The summed E-state index contributed by atoms with van der Waals surface area (Å²) in [5, 5.41) is 0. The Kier molecular flexibility index (Phi) is 7.17. The molecule has 31 heavy (non-hydrogen) atoms. The largest absolute Gasteiger partial charge is 0.254 e. The van der Waals surface area contributed by atoms with Gasteiger partial charge in [0.15, 0.2) is 0 Å². The summed E-state index contributed by atoms with van der Waals surface area (Å²) in [6, 6.07) is 16.7. The standard InChI is InChI=1S/C28H33N3/c1-18(2)25-14-20(5)15-26(19(3)4)28(25)30-17-24-13-9-12-23(31-24)16-29-27-21(6)10-8-11-22(27)7/h8-19H,1-7H3. The van der Waals surface area contributed by atoms with Gasteiger partial charge in [-0.2, -0.15) is 0 Å². The number of aliphatic imine (C=N–C) groups is 2. The van der Waals surface area contributed by atoms with Crippen LogP contribution in [-0.4, -0.2) is 17.4 Å².